The monoisotopic (exact) mass is 373 g/mol. The predicted octanol–water partition coefficient (Wildman–Crippen LogP) is -0.913. The van der Waals surface area contributed by atoms with Crippen molar-refractivity contribution in [1.82, 2.24) is 16.0 Å². The average Bonchev–Trinajstić information content (AvgIpc) is 3.18. The second-order valence-electron chi connectivity index (χ2n) is 6.37. The molecule has 0 aliphatic rings. The molecule has 8 heteroatoms. The van der Waals surface area contributed by atoms with Gasteiger partial charge in [-0.2, -0.15) is 0 Å². The van der Waals surface area contributed by atoms with Crippen LogP contribution in [0, 0.1) is 0 Å². The summed E-state index contributed by atoms with van der Waals surface area (Å²) in [6, 6.07) is 11.0. The molecule has 2 rings (SSSR count). The topological polar surface area (TPSA) is 105 Å². The van der Waals surface area contributed by atoms with Gasteiger partial charge in [-0.1, -0.05) is 24.3 Å². The lowest BCUT2D eigenvalue weighted by Gasteiger charge is -2.13. The third-order valence-electron chi connectivity index (χ3n) is 3.74. The van der Waals surface area contributed by atoms with E-state index in [4.69, 9.17) is 4.42 Å². The van der Waals surface area contributed by atoms with E-state index in [1.165, 1.54) is 22.8 Å². The fourth-order valence-electron chi connectivity index (χ4n) is 2.44. The first kappa shape index (κ1) is 20.2. The standard InChI is InChI=1S/C19H24N4O4/c1-23(2)13-15-7-4-3-6-14(15)10-20-17(24)11-21-18(25)12-22-19(26)16-8-5-9-27-16/h3-9H,10-13H2,1-2H3,(H,20,24)(H,21,25)(H,22,26)/p+1. The van der Waals surface area contributed by atoms with Crippen molar-refractivity contribution in [1.29, 1.82) is 0 Å². The highest BCUT2D eigenvalue weighted by Gasteiger charge is 2.11. The molecule has 0 aliphatic heterocycles. The molecule has 3 amide bonds. The molecule has 0 fully saturated rings. The number of hydrogen-bond donors (Lipinski definition) is 4. The van der Waals surface area contributed by atoms with Crippen LogP contribution in [0.4, 0.5) is 0 Å². The fraction of sp³-hybridized carbons (Fsp3) is 0.316. The lowest BCUT2D eigenvalue weighted by molar-refractivity contribution is -0.872. The van der Waals surface area contributed by atoms with Gasteiger partial charge in [0.25, 0.3) is 5.91 Å². The number of hydrogen-bond acceptors (Lipinski definition) is 4. The molecule has 144 valence electrons. The number of carbonyl (C=O) groups is 3. The molecule has 0 unspecified atom stereocenters. The zero-order valence-corrected chi connectivity index (χ0v) is 15.5. The first-order valence-corrected chi connectivity index (χ1v) is 8.66. The van der Waals surface area contributed by atoms with E-state index in [0.29, 0.717) is 6.54 Å². The van der Waals surface area contributed by atoms with E-state index in [0.717, 1.165) is 12.1 Å². The Morgan fingerprint density at radius 1 is 0.889 bits per heavy atom. The van der Waals surface area contributed by atoms with Gasteiger partial charge in [0.2, 0.25) is 11.8 Å². The highest BCUT2D eigenvalue weighted by atomic mass is 16.3. The van der Waals surface area contributed by atoms with Gasteiger partial charge < -0.3 is 25.3 Å². The van der Waals surface area contributed by atoms with Gasteiger partial charge in [-0.05, 0) is 17.7 Å². The van der Waals surface area contributed by atoms with E-state index < -0.39 is 11.8 Å². The molecule has 0 saturated carbocycles. The first-order chi connectivity index (χ1) is 13.0. The molecule has 0 spiro atoms. The molecule has 8 nitrogen and oxygen atoms in total. The summed E-state index contributed by atoms with van der Waals surface area (Å²) in [7, 11) is 4.13. The number of nitrogens with one attached hydrogen (secondary N) is 4. The lowest BCUT2D eigenvalue weighted by Crippen LogP contribution is -3.04. The van der Waals surface area contributed by atoms with Crippen LogP contribution in [-0.4, -0.2) is 44.9 Å². The summed E-state index contributed by atoms with van der Waals surface area (Å²) in [5.74, 6) is -1.12. The molecule has 0 aliphatic carbocycles. The number of furan rings is 1. The second-order valence-corrected chi connectivity index (χ2v) is 6.37. The van der Waals surface area contributed by atoms with Gasteiger partial charge in [-0.3, -0.25) is 14.4 Å². The third-order valence-corrected chi connectivity index (χ3v) is 3.74. The quantitative estimate of drug-likeness (QED) is 0.457. The van der Waals surface area contributed by atoms with Gasteiger partial charge >= 0.3 is 0 Å². The summed E-state index contributed by atoms with van der Waals surface area (Å²) in [5, 5.41) is 7.67. The Morgan fingerprint density at radius 3 is 2.22 bits per heavy atom. The number of quaternary nitrogens is 1. The van der Waals surface area contributed by atoms with Crippen LogP contribution in [0.15, 0.2) is 47.1 Å². The van der Waals surface area contributed by atoms with Crippen molar-refractivity contribution in [2.45, 2.75) is 13.1 Å². The van der Waals surface area contributed by atoms with Crippen LogP contribution < -0.4 is 20.9 Å². The van der Waals surface area contributed by atoms with Crippen molar-refractivity contribution in [2.75, 3.05) is 27.2 Å². The molecule has 4 N–H and O–H groups in total. The SMILES string of the molecule is C[NH+](C)Cc1ccccc1CNC(=O)CNC(=O)CNC(=O)c1ccco1. The molecule has 0 bridgehead atoms. The zero-order chi connectivity index (χ0) is 19.6. The summed E-state index contributed by atoms with van der Waals surface area (Å²) in [6.45, 7) is 0.864. The number of benzene rings is 1. The van der Waals surface area contributed by atoms with Crippen molar-refractivity contribution < 1.29 is 23.7 Å². The van der Waals surface area contributed by atoms with Crippen LogP contribution in [0.25, 0.3) is 0 Å². The Hall–Kier alpha value is -3.13. The van der Waals surface area contributed by atoms with Gasteiger partial charge in [-0.15, -0.1) is 0 Å². The van der Waals surface area contributed by atoms with E-state index in [1.807, 2.05) is 24.3 Å². The third kappa shape index (κ3) is 6.95. The highest BCUT2D eigenvalue weighted by molar-refractivity contribution is 5.94. The van der Waals surface area contributed by atoms with Gasteiger partial charge in [0.15, 0.2) is 5.76 Å². The maximum atomic E-state index is 11.9. The van der Waals surface area contributed by atoms with E-state index >= 15 is 0 Å². The first-order valence-electron chi connectivity index (χ1n) is 8.66. The van der Waals surface area contributed by atoms with Gasteiger partial charge in [-0.25, -0.2) is 0 Å². The van der Waals surface area contributed by atoms with Crippen molar-refractivity contribution in [3.63, 3.8) is 0 Å². The van der Waals surface area contributed by atoms with Crippen molar-refractivity contribution >= 4 is 17.7 Å². The molecule has 27 heavy (non-hydrogen) atoms. The summed E-state index contributed by atoms with van der Waals surface area (Å²) >= 11 is 0. The maximum Gasteiger partial charge on any atom is 0.287 e. The molecular weight excluding hydrogens is 348 g/mol. The summed E-state index contributed by atoms with van der Waals surface area (Å²) < 4.78 is 4.92. The predicted molar refractivity (Wildman–Crippen MR) is 98.9 cm³/mol. The molecule has 0 atom stereocenters. The number of carbonyl (C=O) groups excluding carboxylic acids is 3. The molecule has 1 heterocycles. The molecule has 0 saturated heterocycles. The van der Waals surface area contributed by atoms with Crippen LogP contribution >= 0.6 is 0 Å². The molecule has 0 radical (unpaired) electrons. The second kappa shape index (κ2) is 10.1. The Labute approximate surface area is 157 Å². The normalized spacial score (nSPS) is 10.5. The Kier molecular flexibility index (Phi) is 7.57. The van der Waals surface area contributed by atoms with Crippen LogP contribution in [0.2, 0.25) is 0 Å². The summed E-state index contributed by atoms with van der Waals surface area (Å²) in [6.07, 6.45) is 1.37. The molecule has 1 aromatic heterocycles. The van der Waals surface area contributed by atoms with Crippen LogP contribution in [0.5, 0.6) is 0 Å². The van der Waals surface area contributed by atoms with E-state index in [9.17, 15) is 14.4 Å². The summed E-state index contributed by atoms with van der Waals surface area (Å²) in [5.41, 5.74) is 2.21. The van der Waals surface area contributed by atoms with E-state index in [1.54, 1.807) is 6.07 Å². The smallest absolute Gasteiger partial charge is 0.287 e. The van der Waals surface area contributed by atoms with Gasteiger partial charge in [0.1, 0.15) is 6.54 Å². The molecular formula is C19H25N4O4+. The number of rotatable bonds is 9. The zero-order valence-electron chi connectivity index (χ0n) is 15.5. The molecule has 2 aromatic rings. The van der Waals surface area contributed by atoms with Crippen LogP contribution in [-0.2, 0) is 22.7 Å². The fourth-order valence-corrected chi connectivity index (χ4v) is 2.44. The average molecular weight is 373 g/mol. The summed E-state index contributed by atoms with van der Waals surface area (Å²) in [4.78, 5) is 36.6. The maximum absolute atomic E-state index is 11.9. The minimum absolute atomic E-state index is 0.124. The van der Waals surface area contributed by atoms with Crippen molar-refractivity contribution in [3.05, 3.63) is 59.5 Å². The Morgan fingerprint density at radius 2 is 1.56 bits per heavy atom. The van der Waals surface area contributed by atoms with E-state index in [2.05, 4.69) is 30.0 Å². The van der Waals surface area contributed by atoms with Gasteiger partial charge in [0.05, 0.1) is 33.4 Å². The minimum Gasteiger partial charge on any atom is -0.459 e. The minimum atomic E-state index is -0.487. The number of amides is 3. The Bertz CT molecular complexity index is 772. The van der Waals surface area contributed by atoms with Crippen LogP contribution in [0.3, 0.4) is 0 Å². The molecule has 1 aromatic carbocycles. The largest absolute Gasteiger partial charge is 0.459 e. The lowest BCUT2D eigenvalue weighted by atomic mass is 10.1. The van der Waals surface area contributed by atoms with Crippen LogP contribution in [0.1, 0.15) is 21.7 Å². The van der Waals surface area contributed by atoms with Gasteiger partial charge in [0, 0.05) is 12.1 Å². The van der Waals surface area contributed by atoms with Crippen molar-refractivity contribution in [2.24, 2.45) is 0 Å². The van der Waals surface area contributed by atoms with E-state index in [-0.39, 0.29) is 24.8 Å². The Balaban J connectivity index is 1.70. The van der Waals surface area contributed by atoms with Crippen molar-refractivity contribution in [3.8, 4) is 0 Å². The highest BCUT2D eigenvalue weighted by Crippen LogP contribution is 2.07.